The first-order valence-electron chi connectivity index (χ1n) is 12.2. The third-order valence-electron chi connectivity index (χ3n) is 6.36. The Hall–Kier alpha value is -4.60. The second-order valence-electron chi connectivity index (χ2n) is 8.95. The van der Waals surface area contributed by atoms with E-state index in [9.17, 15) is 4.79 Å². The first-order valence-corrected chi connectivity index (χ1v) is 12.2. The molecule has 4 N–H and O–H groups in total. The number of nitrogen functional groups attached to an aromatic ring is 1. The molecule has 0 radical (unpaired) electrons. The van der Waals surface area contributed by atoms with Crippen LogP contribution in [0.25, 0.3) is 0 Å². The van der Waals surface area contributed by atoms with E-state index in [2.05, 4.69) is 25.3 Å². The molecule has 1 fully saturated rings. The molecule has 5 rings (SSSR count). The number of aliphatic imine (C=N–C) groups is 2. The van der Waals surface area contributed by atoms with E-state index in [1.54, 1.807) is 6.21 Å². The molecule has 2 aromatic carbocycles. The average Bonchev–Trinajstić information content (AvgIpc) is 2.94. The maximum atomic E-state index is 13.0. The third kappa shape index (κ3) is 5.64. The molecule has 2 atom stereocenters. The normalized spacial score (nSPS) is 18.9. The zero-order valence-corrected chi connectivity index (χ0v) is 20.2. The number of piperidine rings is 1. The van der Waals surface area contributed by atoms with Gasteiger partial charge in [0.2, 0.25) is 5.91 Å². The van der Waals surface area contributed by atoms with Gasteiger partial charge < -0.3 is 20.7 Å². The summed E-state index contributed by atoms with van der Waals surface area (Å²) in [5.74, 6) is 1.80. The number of carbonyl (C=O) groups is 1. The first-order chi connectivity index (χ1) is 18.1. The van der Waals surface area contributed by atoms with Crippen LogP contribution in [0.15, 0.2) is 70.9 Å². The highest BCUT2D eigenvalue weighted by Gasteiger charge is 2.29. The number of ether oxygens (including phenoxy) is 1. The zero-order chi connectivity index (χ0) is 25.6. The Morgan fingerprint density at radius 2 is 1.86 bits per heavy atom. The summed E-state index contributed by atoms with van der Waals surface area (Å²) in [7, 11) is 0. The van der Waals surface area contributed by atoms with Crippen molar-refractivity contribution >= 4 is 35.8 Å². The zero-order valence-electron chi connectivity index (χ0n) is 20.2. The Bertz CT molecular complexity index is 1320. The van der Waals surface area contributed by atoms with Crippen LogP contribution in [-0.2, 0) is 4.79 Å². The van der Waals surface area contributed by atoms with Crippen LogP contribution in [-0.4, -0.2) is 64.7 Å². The van der Waals surface area contributed by atoms with E-state index in [0.29, 0.717) is 42.3 Å². The highest BCUT2D eigenvalue weighted by Crippen LogP contribution is 2.26. The van der Waals surface area contributed by atoms with Crippen molar-refractivity contribution in [1.82, 2.24) is 14.9 Å². The molecule has 0 aliphatic carbocycles. The molecule has 10 heteroatoms. The van der Waals surface area contributed by atoms with Gasteiger partial charge in [-0.15, -0.1) is 0 Å². The Kier molecular flexibility index (Phi) is 7.16. The molecule has 2 unspecified atom stereocenters. The van der Waals surface area contributed by atoms with E-state index in [0.717, 1.165) is 18.6 Å². The molecule has 10 nitrogen and oxygen atoms in total. The second-order valence-corrected chi connectivity index (χ2v) is 8.95. The molecular formula is C27H28N8O2. The van der Waals surface area contributed by atoms with Crippen molar-refractivity contribution in [2.24, 2.45) is 15.9 Å². The second kappa shape index (κ2) is 11.0. The van der Waals surface area contributed by atoms with Crippen molar-refractivity contribution in [3.8, 4) is 11.5 Å². The van der Waals surface area contributed by atoms with Gasteiger partial charge in [-0.1, -0.05) is 18.2 Å². The van der Waals surface area contributed by atoms with Gasteiger partial charge in [0.15, 0.2) is 0 Å². The van der Waals surface area contributed by atoms with Crippen molar-refractivity contribution in [2.45, 2.75) is 18.9 Å². The number of anilines is 2. The fourth-order valence-electron chi connectivity index (χ4n) is 4.48. The van der Waals surface area contributed by atoms with Crippen LogP contribution in [0.1, 0.15) is 24.0 Å². The lowest BCUT2D eigenvalue weighted by Crippen LogP contribution is -2.48. The number of rotatable bonds is 7. The van der Waals surface area contributed by atoms with Gasteiger partial charge in [-0.25, -0.2) is 15.0 Å². The predicted molar refractivity (Wildman–Crippen MR) is 144 cm³/mol. The first kappa shape index (κ1) is 24.1. The number of nitrogens with zero attached hydrogens (tertiary/aromatic N) is 5. The molecule has 3 aromatic rings. The van der Waals surface area contributed by atoms with Crippen LogP contribution < -0.4 is 15.8 Å². The maximum Gasteiger partial charge on any atom is 0.233 e. The quantitative estimate of drug-likeness (QED) is 0.428. The highest BCUT2D eigenvalue weighted by molar-refractivity contribution is 6.16. The number of nitrogens with one attached hydrogen (secondary N) is 2. The van der Waals surface area contributed by atoms with Crippen LogP contribution in [0.4, 0.5) is 11.6 Å². The summed E-state index contributed by atoms with van der Waals surface area (Å²) >= 11 is 0. The van der Waals surface area contributed by atoms with Crippen molar-refractivity contribution < 1.29 is 9.53 Å². The minimum atomic E-state index is -0.323. The van der Waals surface area contributed by atoms with E-state index in [4.69, 9.17) is 15.9 Å². The number of likely N-dealkylation sites (tertiary alicyclic amines) is 1. The summed E-state index contributed by atoms with van der Waals surface area (Å²) in [4.78, 5) is 31.4. The molecule has 1 amide bonds. The van der Waals surface area contributed by atoms with Gasteiger partial charge in [-0.05, 0) is 49.2 Å². The van der Waals surface area contributed by atoms with Gasteiger partial charge in [0, 0.05) is 30.9 Å². The fourth-order valence-corrected chi connectivity index (χ4v) is 4.48. The van der Waals surface area contributed by atoms with E-state index in [1.807, 2.05) is 59.5 Å². The standard InChI is InChI=1S/C27H28N8O2/c28-24(18-8-10-22(11-9-18)37-21-6-2-1-3-7-21)23-25(29)32-17-33-26(23)34-20-5-4-12-35(15-20)27(36)19-13-30-16-31-14-19/h1-3,6-11,13,16-17,19-20,28H,4-5,12,14-15H2,(H3,29,32,33,34). The smallest absolute Gasteiger partial charge is 0.233 e. The van der Waals surface area contributed by atoms with Gasteiger partial charge in [-0.3, -0.25) is 15.2 Å². The van der Waals surface area contributed by atoms with Crippen LogP contribution in [0, 0.1) is 11.3 Å². The minimum absolute atomic E-state index is 0.0279. The minimum Gasteiger partial charge on any atom is -0.457 e. The summed E-state index contributed by atoms with van der Waals surface area (Å²) in [5, 5.41) is 12.3. The fraction of sp³-hybridized carbons (Fsp3) is 0.259. The molecule has 37 heavy (non-hydrogen) atoms. The number of hydrogen-bond donors (Lipinski definition) is 3. The van der Waals surface area contributed by atoms with E-state index >= 15 is 0 Å². The number of benzene rings is 2. The number of amides is 1. The van der Waals surface area contributed by atoms with Gasteiger partial charge in [0.1, 0.15) is 35.8 Å². The molecule has 3 heterocycles. The van der Waals surface area contributed by atoms with Crippen molar-refractivity contribution in [3.05, 3.63) is 72.1 Å². The molecule has 1 aromatic heterocycles. The van der Waals surface area contributed by atoms with E-state index < -0.39 is 0 Å². The Morgan fingerprint density at radius 3 is 2.62 bits per heavy atom. The molecule has 2 aliphatic rings. The Morgan fingerprint density at radius 1 is 1.08 bits per heavy atom. The average molecular weight is 497 g/mol. The van der Waals surface area contributed by atoms with Crippen molar-refractivity contribution in [2.75, 3.05) is 30.7 Å². The summed E-state index contributed by atoms with van der Waals surface area (Å²) in [6.07, 6.45) is 6.24. The van der Waals surface area contributed by atoms with Crippen LogP contribution in [0.3, 0.4) is 0 Å². The van der Waals surface area contributed by atoms with Crippen molar-refractivity contribution in [3.63, 3.8) is 0 Å². The third-order valence-corrected chi connectivity index (χ3v) is 6.36. The van der Waals surface area contributed by atoms with Gasteiger partial charge >= 0.3 is 0 Å². The number of nitrogens with two attached hydrogens (primary N) is 1. The lowest BCUT2D eigenvalue weighted by Gasteiger charge is -2.35. The molecular weight excluding hydrogens is 468 g/mol. The number of aromatic nitrogens is 2. The molecule has 0 saturated carbocycles. The van der Waals surface area contributed by atoms with Gasteiger partial charge in [0.25, 0.3) is 0 Å². The SMILES string of the molecule is N=C(c1ccc(Oc2ccccc2)cc1)c1c(N)ncnc1NC1CCCN(C(=O)C2C=NC=NC2)C1. The monoisotopic (exact) mass is 496 g/mol. The lowest BCUT2D eigenvalue weighted by molar-refractivity contribution is -0.134. The van der Waals surface area contributed by atoms with Crippen molar-refractivity contribution in [1.29, 1.82) is 5.41 Å². The number of hydrogen-bond acceptors (Lipinski definition) is 9. The molecule has 188 valence electrons. The van der Waals surface area contributed by atoms with E-state index in [-0.39, 0.29) is 29.4 Å². The topological polar surface area (TPSA) is 142 Å². The van der Waals surface area contributed by atoms with Gasteiger partial charge in [0.05, 0.1) is 23.7 Å². The summed E-state index contributed by atoms with van der Waals surface area (Å²) in [6, 6.07) is 16.7. The van der Waals surface area contributed by atoms with Crippen LogP contribution in [0.5, 0.6) is 11.5 Å². The van der Waals surface area contributed by atoms with E-state index in [1.165, 1.54) is 12.7 Å². The molecule has 1 saturated heterocycles. The summed E-state index contributed by atoms with van der Waals surface area (Å²) in [5.41, 5.74) is 7.50. The summed E-state index contributed by atoms with van der Waals surface area (Å²) in [6.45, 7) is 1.64. The lowest BCUT2D eigenvalue weighted by atomic mass is 10.0. The van der Waals surface area contributed by atoms with Gasteiger partial charge in [-0.2, -0.15) is 0 Å². The van der Waals surface area contributed by atoms with Crippen LogP contribution in [0.2, 0.25) is 0 Å². The predicted octanol–water partition coefficient (Wildman–Crippen LogP) is 3.40. The number of carbonyl (C=O) groups excluding carboxylic acids is 1. The molecule has 2 aliphatic heterocycles. The maximum absolute atomic E-state index is 13.0. The van der Waals surface area contributed by atoms with Crippen LogP contribution >= 0.6 is 0 Å². The largest absolute Gasteiger partial charge is 0.457 e. The highest BCUT2D eigenvalue weighted by atomic mass is 16.5. The Balaban J connectivity index is 1.29. The molecule has 0 bridgehead atoms. The number of para-hydroxylation sites is 1. The Labute approximate surface area is 214 Å². The summed E-state index contributed by atoms with van der Waals surface area (Å²) < 4.78 is 5.86. The molecule has 0 spiro atoms.